The summed E-state index contributed by atoms with van der Waals surface area (Å²) in [4.78, 5) is 4.65. The Bertz CT molecular complexity index is 1020. The topological polar surface area (TPSA) is 56.7 Å². The summed E-state index contributed by atoms with van der Waals surface area (Å²) in [5.74, 6) is 1.57. The zero-order chi connectivity index (χ0) is 16.5. The largest absolute Gasteiger partial charge is 0.326 e. The fourth-order valence-corrected chi connectivity index (χ4v) is 2.99. The van der Waals surface area contributed by atoms with Crippen molar-refractivity contribution < 1.29 is 0 Å². The first-order valence-electron chi connectivity index (χ1n) is 7.97. The van der Waals surface area contributed by atoms with E-state index in [4.69, 9.17) is 5.73 Å². The van der Waals surface area contributed by atoms with Gasteiger partial charge in [0.2, 0.25) is 0 Å². The van der Waals surface area contributed by atoms with E-state index in [2.05, 4.69) is 40.4 Å². The van der Waals surface area contributed by atoms with Gasteiger partial charge in [0.1, 0.15) is 5.82 Å². The maximum Gasteiger partial charge on any atom is 0.163 e. The first-order valence-corrected chi connectivity index (χ1v) is 7.97. The van der Waals surface area contributed by atoms with Gasteiger partial charge in [-0.05, 0) is 35.4 Å². The van der Waals surface area contributed by atoms with Crippen LogP contribution in [0.5, 0.6) is 0 Å². The minimum absolute atomic E-state index is 0.465. The molecule has 0 aliphatic carbocycles. The molecule has 118 valence electrons. The molecule has 3 aromatic carbocycles. The SMILES string of the molecule is Cc1nc(-c2ccc3ccccc3c2)n(-c2ccccc2CN)n1. The van der Waals surface area contributed by atoms with Crippen molar-refractivity contribution in [2.75, 3.05) is 0 Å². The van der Waals surface area contributed by atoms with E-state index >= 15 is 0 Å². The van der Waals surface area contributed by atoms with Crippen molar-refractivity contribution >= 4 is 10.8 Å². The Morgan fingerprint density at radius 1 is 0.917 bits per heavy atom. The van der Waals surface area contributed by atoms with E-state index in [1.165, 1.54) is 10.8 Å². The van der Waals surface area contributed by atoms with Gasteiger partial charge in [-0.15, -0.1) is 0 Å². The number of nitrogens with zero attached hydrogens (tertiary/aromatic N) is 3. The van der Waals surface area contributed by atoms with Crippen LogP contribution in [0, 0.1) is 6.92 Å². The number of benzene rings is 3. The lowest BCUT2D eigenvalue weighted by Crippen LogP contribution is -2.07. The molecule has 0 bridgehead atoms. The molecule has 1 aromatic heterocycles. The summed E-state index contributed by atoms with van der Waals surface area (Å²) in [6.45, 7) is 2.37. The van der Waals surface area contributed by atoms with E-state index in [1.54, 1.807) is 0 Å². The van der Waals surface area contributed by atoms with Crippen molar-refractivity contribution in [1.82, 2.24) is 14.8 Å². The second-order valence-corrected chi connectivity index (χ2v) is 5.79. The quantitative estimate of drug-likeness (QED) is 0.625. The zero-order valence-electron chi connectivity index (χ0n) is 13.5. The van der Waals surface area contributed by atoms with Crippen LogP contribution in [0.25, 0.3) is 27.8 Å². The molecule has 0 amide bonds. The van der Waals surface area contributed by atoms with Gasteiger partial charge in [0.25, 0.3) is 0 Å². The van der Waals surface area contributed by atoms with Crippen LogP contribution in [0.15, 0.2) is 66.7 Å². The molecule has 0 saturated carbocycles. The maximum atomic E-state index is 5.90. The lowest BCUT2D eigenvalue weighted by molar-refractivity contribution is 0.850. The van der Waals surface area contributed by atoms with Crippen molar-refractivity contribution in [3.8, 4) is 17.1 Å². The Morgan fingerprint density at radius 2 is 1.67 bits per heavy atom. The molecule has 4 aromatic rings. The van der Waals surface area contributed by atoms with Crippen molar-refractivity contribution in [3.05, 3.63) is 78.1 Å². The van der Waals surface area contributed by atoms with E-state index in [0.29, 0.717) is 6.54 Å². The molecule has 0 aliphatic rings. The van der Waals surface area contributed by atoms with Gasteiger partial charge in [-0.3, -0.25) is 0 Å². The van der Waals surface area contributed by atoms with Crippen molar-refractivity contribution in [2.24, 2.45) is 5.73 Å². The number of aromatic nitrogens is 3. The molecule has 24 heavy (non-hydrogen) atoms. The fraction of sp³-hybridized carbons (Fsp3) is 0.100. The number of fused-ring (bicyclic) bond motifs is 1. The van der Waals surface area contributed by atoms with E-state index < -0.39 is 0 Å². The number of rotatable bonds is 3. The molecule has 0 radical (unpaired) electrons. The highest BCUT2D eigenvalue weighted by molar-refractivity contribution is 5.86. The number of nitrogens with two attached hydrogens (primary N) is 1. The highest BCUT2D eigenvalue weighted by atomic mass is 15.3. The van der Waals surface area contributed by atoms with Gasteiger partial charge in [0, 0.05) is 12.1 Å². The molecule has 0 aliphatic heterocycles. The van der Waals surface area contributed by atoms with Gasteiger partial charge in [-0.25, -0.2) is 9.67 Å². The Kier molecular flexibility index (Phi) is 3.59. The molecule has 0 spiro atoms. The third-order valence-electron chi connectivity index (χ3n) is 4.16. The number of para-hydroxylation sites is 1. The Balaban J connectivity index is 1.92. The average Bonchev–Trinajstić information content (AvgIpc) is 3.03. The smallest absolute Gasteiger partial charge is 0.163 e. The van der Waals surface area contributed by atoms with Gasteiger partial charge >= 0.3 is 0 Å². The Morgan fingerprint density at radius 3 is 2.50 bits per heavy atom. The van der Waals surface area contributed by atoms with Crippen LogP contribution in [0.3, 0.4) is 0 Å². The first-order chi connectivity index (χ1) is 11.8. The van der Waals surface area contributed by atoms with Gasteiger partial charge in [-0.2, -0.15) is 5.10 Å². The van der Waals surface area contributed by atoms with Crippen molar-refractivity contribution in [1.29, 1.82) is 0 Å². The van der Waals surface area contributed by atoms with Crippen LogP contribution >= 0.6 is 0 Å². The van der Waals surface area contributed by atoms with E-state index in [9.17, 15) is 0 Å². The van der Waals surface area contributed by atoms with Gasteiger partial charge in [-0.1, -0.05) is 54.6 Å². The minimum Gasteiger partial charge on any atom is -0.326 e. The zero-order valence-corrected chi connectivity index (χ0v) is 13.5. The van der Waals surface area contributed by atoms with Crippen LogP contribution in [-0.2, 0) is 6.54 Å². The number of aryl methyl sites for hydroxylation is 1. The summed E-state index contributed by atoms with van der Waals surface area (Å²) in [6.07, 6.45) is 0. The summed E-state index contributed by atoms with van der Waals surface area (Å²) in [6, 6.07) is 22.7. The lowest BCUT2D eigenvalue weighted by Gasteiger charge is -2.10. The number of hydrogen-bond donors (Lipinski definition) is 1. The molecular formula is C20H18N4. The summed E-state index contributed by atoms with van der Waals surface area (Å²) in [5.41, 5.74) is 8.96. The lowest BCUT2D eigenvalue weighted by atomic mass is 10.1. The van der Waals surface area contributed by atoms with Crippen LogP contribution in [0.2, 0.25) is 0 Å². The van der Waals surface area contributed by atoms with Gasteiger partial charge in [0.05, 0.1) is 5.69 Å². The second kappa shape index (κ2) is 5.91. The monoisotopic (exact) mass is 314 g/mol. The molecule has 0 fully saturated rings. The summed E-state index contributed by atoms with van der Waals surface area (Å²) < 4.78 is 1.89. The third kappa shape index (κ3) is 2.47. The first kappa shape index (κ1) is 14.6. The molecule has 4 heteroatoms. The highest BCUT2D eigenvalue weighted by Gasteiger charge is 2.14. The van der Waals surface area contributed by atoms with Crippen molar-refractivity contribution in [3.63, 3.8) is 0 Å². The molecule has 4 nitrogen and oxygen atoms in total. The van der Waals surface area contributed by atoms with Crippen LogP contribution in [0.1, 0.15) is 11.4 Å². The summed E-state index contributed by atoms with van der Waals surface area (Å²) >= 11 is 0. The molecule has 4 rings (SSSR count). The predicted octanol–water partition coefficient (Wildman–Crippen LogP) is 3.85. The van der Waals surface area contributed by atoms with Gasteiger partial charge < -0.3 is 5.73 Å². The van der Waals surface area contributed by atoms with Gasteiger partial charge in [0.15, 0.2) is 5.82 Å². The molecule has 0 unspecified atom stereocenters. The van der Waals surface area contributed by atoms with Crippen molar-refractivity contribution in [2.45, 2.75) is 13.5 Å². The average molecular weight is 314 g/mol. The highest BCUT2D eigenvalue weighted by Crippen LogP contribution is 2.26. The van der Waals surface area contributed by atoms with Crippen LogP contribution in [-0.4, -0.2) is 14.8 Å². The molecule has 2 N–H and O–H groups in total. The molecular weight excluding hydrogens is 296 g/mol. The fourth-order valence-electron chi connectivity index (χ4n) is 2.99. The Labute approximate surface area is 140 Å². The van der Waals surface area contributed by atoms with E-state index in [1.807, 2.05) is 48.0 Å². The number of hydrogen-bond acceptors (Lipinski definition) is 3. The third-order valence-corrected chi connectivity index (χ3v) is 4.16. The van der Waals surface area contributed by atoms with E-state index in [-0.39, 0.29) is 0 Å². The molecule has 1 heterocycles. The predicted molar refractivity (Wildman–Crippen MR) is 96.9 cm³/mol. The standard InChI is InChI=1S/C20H18N4/c1-14-22-20(17-11-10-15-6-2-3-7-16(15)12-17)24(23-14)19-9-5-4-8-18(19)13-21/h2-12H,13,21H2,1H3. The normalized spacial score (nSPS) is 11.1. The summed E-state index contributed by atoms with van der Waals surface area (Å²) in [5, 5.41) is 7.00. The van der Waals surface area contributed by atoms with Crippen LogP contribution in [0.4, 0.5) is 0 Å². The second-order valence-electron chi connectivity index (χ2n) is 5.79. The maximum absolute atomic E-state index is 5.90. The van der Waals surface area contributed by atoms with Crippen LogP contribution < -0.4 is 5.73 Å². The molecule has 0 saturated heterocycles. The Hall–Kier alpha value is -2.98. The van der Waals surface area contributed by atoms with E-state index in [0.717, 1.165) is 28.5 Å². The minimum atomic E-state index is 0.465. The molecule has 0 atom stereocenters. The summed E-state index contributed by atoms with van der Waals surface area (Å²) in [7, 11) is 0.